The molecule has 1 N–H and O–H groups in total. The van der Waals surface area contributed by atoms with Gasteiger partial charge in [-0.25, -0.2) is 9.97 Å². The third-order valence-corrected chi connectivity index (χ3v) is 9.85. The molecule has 2 bridgehead atoms. The van der Waals surface area contributed by atoms with Crippen LogP contribution in [0.3, 0.4) is 0 Å². The Labute approximate surface area is 219 Å². The Balaban J connectivity index is 1.50. The zero-order chi connectivity index (χ0) is 27.6. The standard InChI is InChI=1S/C28H33F3N2O5/c1-13-9-26-14(2)7-18-19(24(18,3)4)17(20(26)34)8-15-12-36-25(5,6)38-22(15)27(26,35)21(13)37-23-32-10-16(11-33-23)28(29,30)31/h8-11,14,17-19,21-22,35H,7,12H2,1-6H3/t14-,17+,18-,19+,21+,22-,26+,27-/m1/s1. The number of ether oxygens (including phenoxy) is 3. The minimum absolute atomic E-state index is 0.0117. The summed E-state index contributed by atoms with van der Waals surface area (Å²) in [6.45, 7) is 11.8. The summed E-state index contributed by atoms with van der Waals surface area (Å²) in [6, 6.07) is -0.323. The normalized spacial score (nSPS) is 42.5. The van der Waals surface area contributed by atoms with Crippen LogP contribution >= 0.6 is 0 Å². The molecule has 2 heterocycles. The summed E-state index contributed by atoms with van der Waals surface area (Å²) in [5.74, 6) is -1.35. The second-order valence-electron chi connectivity index (χ2n) is 12.7. The molecule has 10 heteroatoms. The summed E-state index contributed by atoms with van der Waals surface area (Å²) in [4.78, 5) is 22.2. The predicted molar refractivity (Wildman–Crippen MR) is 129 cm³/mol. The van der Waals surface area contributed by atoms with Crippen molar-refractivity contribution in [3.8, 4) is 6.01 Å². The van der Waals surface area contributed by atoms with Crippen molar-refractivity contribution in [1.29, 1.82) is 0 Å². The lowest BCUT2D eigenvalue weighted by Crippen LogP contribution is -2.68. The molecule has 0 unspecified atom stereocenters. The fraction of sp³-hybridized carbons (Fsp3) is 0.679. The first kappa shape index (κ1) is 26.0. The smallest absolute Gasteiger partial charge is 0.419 e. The number of allylic oxidation sites excluding steroid dienone is 1. The van der Waals surface area contributed by atoms with Gasteiger partial charge in [0.1, 0.15) is 6.10 Å². The molecule has 38 heavy (non-hydrogen) atoms. The lowest BCUT2D eigenvalue weighted by atomic mass is 9.59. The fourth-order valence-electron chi connectivity index (χ4n) is 7.93. The molecule has 8 atom stereocenters. The number of carbonyl (C=O) groups excluding carboxylic acids is 1. The number of halogens is 3. The van der Waals surface area contributed by atoms with Gasteiger partial charge in [-0.1, -0.05) is 32.9 Å². The number of Topliss-reactive ketones (excluding diaryl/α,β-unsaturated/α-hetero) is 1. The van der Waals surface area contributed by atoms with Crippen LogP contribution in [0.1, 0.15) is 53.5 Å². The highest BCUT2D eigenvalue weighted by molar-refractivity contribution is 5.95. The highest BCUT2D eigenvalue weighted by Gasteiger charge is 2.77. The van der Waals surface area contributed by atoms with Crippen LogP contribution in [-0.2, 0) is 20.4 Å². The van der Waals surface area contributed by atoms with Crippen LogP contribution in [0.5, 0.6) is 6.01 Å². The minimum atomic E-state index is -4.60. The first-order valence-corrected chi connectivity index (χ1v) is 13.1. The van der Waals surface area contributed by atoms with Crippen molar-refractivity contribution in [2.75, 3.05) is 6.61 Å². The average Bonchev–Trinajstić information content (AvgIpc) is 3.31. The van der Waals surface area contributed by atoms with Gasteiger partial charge in [-0.3, -0.25) is 4.79 Å². The highest BCUT2D eigenvalue weighted by atomic mass is 19.4. The molecular weight excluding hydrogens is 501 g/mol. The first-order chi connectivity index (χ1) is 17.5. The number of aromatic nitrogens is 2. The molecule has 4 aliphatic carbocycles. The van der Waals surface area contributed by atoms with Crippen molar-refractivity contribution in [2.24, 2.45) is 34.5 Å². The third kappa shape index (κ3) is 3.29. The van der Waals surface area contributed by atoms with Gasteiger partial charge in [-0.2, -0.15) is 13.2 Å². The molecule has 1 saturated heterocycles. The van der Waals surface area contributed by atoms with Crippen molar-refractivity contribution in [3.63, 3.8) is 0 Å². The topological polar surface area (TPSA) is 90.8 Å². The van der Waals surface area contributed by atoms with Crippen molar-refractivity contribution in [3.05, 3.63) is 41.3 Å². The molecule has 1 aliphatic heterocycles. The molecule has 206 valence electrons. The minimum Gasteiger partial charge on any atom is -0.452 e. The molecule has 2 saturated carbocycles. The maximum absolute atomic E-state index is 14.6. The number of fused-ring (bicyclic) bond motifs is 5. The van der Waals surface area contributed by atoms with Crippen LogP contribution < -0.4 is 4.74 Å². The molecule has 7 nitrogen and oxygen atoms in total. The zero-order valence-corrected chi connectivity index (χ0v) is 22.3. The van der Waals surface area contributed by atoms with Crippen LogP contribution in [0.4, 0.5) is 13.2 Å². The quantitative estimate of drug-likeness (QED) is 0.559. The molecule has 1 aromatic rings. The molecule has 0 radical (unpaired) electrons. The average molecular weight is 535 g/mol. The Morgan fingerprint density at radius 2 is 1.82 bits per heavy atom. The number of rotatable bonds is 2. The summed E-state index contributed by atoms with van der Waals surface area (Å²) >= 11 is 0. The Kier molecular flexibility index (Phi) is 5.23. The number of aliphatic hydroxyl groups is 1. The summed E-state index contributed by atoms with van der Waals surface area (Å²) in [5, 5.41) is 12.9. The number of hydrogen-bond donors (Lipinski definition) is 1. The van der Waals surface area contributed by atoms with Gasteiger partial charge in [0.2, 0.25) is 0 Å². The van der Waals surface area contributed by atoms with Gasteiger partial charge in [0.15, 0.2) is 23.3 Å². The maximum Gasteiger partial charge on any atom is 0.419 e. The Morgan fingerprint density at radius 3 is 2.45 bits per heavy atom. The second-order valence-corrected chi connectivity index (χ2v) is 12.7. The van der Waals surface area contributed by atoms with Crippen molar-refractivity contribution >= 4 is 5.78 Å². The highest BCUT2D eigenvalue weighted by Crippen LogP contribution is 2.72. The number of nitrogens with zero attached hydrogens (tertiary/aromatic N) is 2. The number of alkyl halides is 3. The monoisotopic (exact) mass is 534 g/mol. The number of ketones is 1. The molecule has 0 amide bonds. The summed E-state index contributed by atoms with van der Waals surface area (Å²) in [6.07, 6.45) is -0.879. The molecular formula is C28H33F3N2O5. The molecule has 1 spiro atoms. The zero-order valence-electron chi connectivity index (χ0n) is 22.3. The molecule has 3 fully saturated rings. The number of hydrogen-bond acceptors (Lipinski definition) is 7. The van der Waals surface area contributed by atoms with Gasteiger partial charge in [-0.15, -0.1) is 0 Å². The second kappa shape index (κ2) is 7.67. The van der Waals surface area contributed by atoms with Gasteiger partial charge < -0.3 is 19.3 Å². The maximum atomic E-state index is 14.6. The van der Waals surface area contributed by atoms with Gasteiger partial charge in [0.25, 0.3) is 0 Å². The van der Waals surface area contributed by atoms with E-state index in [1.807, 2.05) is 19.1 Å². The first-order valence-electron chi connectivity index (χ1n) is 13.1. The van der Waals surface area contributed by atoms with Crippen molar-refractivity contribution in [2.45, 2.75) is 77.7 Å². The molecule has 6 rings (SSSR count). The largest absolute Gasteiger partial charge is 0.452 e. The molecule has 1 aromatic heterocycles. The molecule has 5 aliphatic rings. The fourth-order valence-corrected chi connectivity index (χ4v) is 7.93. The van der Waals surface area contributed by atoms with E-state index >= 15 is 0 Å². The Morgan fingerprint density at radius 1 is 1.16 bits per heavy atom. The van der Waals surface area contributed by atoms with E-state index < -0.39 is 46.7 Å². The van der Waals surface area contributed by atoms with E-state index in [4.69, 9.17) is 14.2 Å². The third-order valence-electron chi connectivity index (χ3n) is 9.85. The van der Waals surface area contributed by atoms with E-state index in [0.717, 1.165) is 6.42 Å². The van der Waals surface area contributed by atoms with Gasteiger partial charge in [-0.05, 0) is 61.5 Å². The van der Waals surface area contributed by atoms with Crippen LogP contribution in [0, 0.1) is 34.5 Å². The van der Waals surface area contributed by atoms with E-state index in [0.29, 0.717) is 29.5 Å². The van der Waals surface area contributed by atoms with E-state index in [1.165, 1.54) is 0 Å². The summed E-state index contributed by atoms with van der Waals surface area (Å²) in [7, 11) is 0. The van der Waals surface area contributed by atoms with Crippen LogP contribution in [0.2, 0.25) is 0 Å². The lowest BCUT2D eigenvalue weighted by molar-refractivity contribution is -0.301. The van der Waals surface area contributed by atoms with Crippen LogP contribution in [0.25, 0.3) is 0 Å². The van der Waals surface area contributed by atoms with E-state index in [-0.39, 0.29) is 35.7 Å². The predicted octanol–water partition coefficient (Wildman–Crippen LogP) is 4.51. The van der Waals surface area contributed by atoms with E-state index in [1.54, 1.807) is 20.8 Å². The van der Waals surface area contributed by atoms with E-state index in [2.05, 4.69) is 23.8 Å². The SMILES string of the molecule is CC1=C[C@]23C(=O)[C@@H](C=C4COC(C)(C)O[C@H]4[C@]2(O)[C@H]1Oc1ncc(C(F)(F)F)cn1)[C@H]1[C@@H](C[C@H]3C)C1(C)C. The van der Waals surface area contributed by atoms with Gasteiger partial charge >= 0.3 is 12.2 Å². The summed E-state index contributed by atoms with van der Waals surface area (Å²) < 4.78 is 57.7. The van der Waals surface area contributed by atoms with Crippen molar-refractivity contribution < 1.29 is 37.3 Å². The Bertz CT molecular complexity index is 1260. The van der Waals surface area contributed by atoms with Crippen molar-refractivity contribution in [1.82, 2.24) is 9.97 Å². The van der Waals surface area contributed by atoms with Crippen LogP contribution in [-0.4, -0.2) is 51.1 Å². The van der Waals surface area contributed by atoms with Gasteiger partial charge in [0.05, 0.1) is 17.6 Å². The number of carbonyl (C=O) groups is 1. The summed E-state index contributed by atoms with van der Waals surface area (Å²) in [5.41, 5.74) is -3.00. The molecule has 0 aromatic carbocycles. The van der Waals surface area contributed by atoms with Crippen LogP contribution in [0.15, 0.2) is 35.7 Å². The Hall–Kier alpha value is -2.30. The lowest BCUT2D eigenvalue weighted by Gasteiger charge is -2.52. The van der Waals surface area contributed by atoms with E-state index in [9.17, 15) is 23.1 Å². The van der Waals surface area contributed by atoms with Gasteiger partial charge in [0, 0.05) is 18.3 Å².